The summed E-state index contributed by atoms with van der Waals surface area (Å²) < 4.78 is 8.05. The Hall–Kier alpha value is -3.11. The molecule has 32 heavy (non-hydrogen) atoms. The normalized spacial score (nSPS) is 15.1. The van der Waals surface area contributed by atoms with Gasteiger partial charge in [-0.3, -0.25) is 0 Å². The summed E-state index contributed by atoms with van der Waals surface area (Å²) in [5, 5.41) is 2.20. The summed E-state index contributed by atoms with van der Waals surface area (Å²) in [5.41, 5.74) is 4.86. The van der Waals surface area contributed by atoms with Crippen LogP contribution in [0.15, 0.2) is 89.2 Å². The summed E-state index contributed by atoms with van der Waals surface area (Å²) in [4.78, 5) is 5.83. The van der Waals surface area contributed by atoms with Gasteiger partial charge in [0.2, 0.25) is 0 Å². The topological polar surface area (TPSA) is 26.5 Å². The average Bonchev–Trinajstić information content (AvgIpc) is 3.21. The lowest BCUT2D eigenvalue weighted by atomic mass is 9.84. The van der Waals surface area contributed by atoms with Gasteiger partial charge in [0.15, 0.2) is 4.80 Å². The van der Waals surface area contributed by atoms with Crippen molar-refractivity contribution in [2.75, 3.05) is 0 Å². The maximum absolute atomic E-state index is 5.88. The molecular formula is C28H28N2OS. The van der Waals surface area contributed by atoms with E-state index in [9.17, 15) is 0 Å². The molecule has 1 aliphatic carbocycles. The Morgan fingerprint density at radius 1 is 0.812 bits per heavy atom. The third-order valence-corrected chi connectivity index (χ3v) is 7.16. The molecule has 0 saturated heterocycles. The summed E-state index contributed by atoms with van der Waals surface area (Å²) >= 11 is 1.67. The fourth-order valence-corrected chi connectivity index (χ4v) is 5.34. The van der Waals surface area contributed by atoms with E-state index < -0.39 is 0 Å². The van der Waals surface area contributed by atoms with Crippen LogP contribution in [-0.4, -0.2) is 4.57 Å². The highest BCUT2D eigenvalue weighted by molar-refractivity contribution is 7.07. The number of para-hydroxylation sites is 1. The van der Waals surface area contributed by atoms with Crippen LogP contribution in [-0.2, 0) is 7.05 Å². The van der Waals surface area contributed by atoms with Gasteiger partial charge in [0.05, 0.1) is 11.4 Å². The molecule has 1 aliphatic rings. The molecule has 0 spiro atoms. The van der Waals surface area contributed by atoms with E-state index in [2.05, 4.69) is 41.3 Å². The molecular weight excluding hydrogens is 412 g/mol. The Balaban J connectivity index is 1.33. The van der Waals surface area contributed by atoms with Crippen molar-refractivity contribution >= 4 is 17.0 Å². The largest absolute Gasteiger partial charge is 0.457 e. The minimum absolute atomic E-state index is 0.744. The molecule has 0 atom stereocenters. The van der Waals surface area contributed by atoms with Crippen molar-refractivity contribution < 1.29 is 4.74 Å². The molecule has 162 valence electrons. The van der Waals surface area contributed by atoms with E-state index in [1.165, 1.54) is 48.9 Å². The van der Waals surface area contributed by atoms with Crippen LogP contribution in [0.25, 0.3) is 11.3 Å². The van der Waals surface area contributed by atoms with Crippen LogP contribution >= 0.6 is 11.3 Å². The first-order valence-corrected chi connectivity index (χ1v) is 12.3. The zero-order valence-corrected chi connectivity index (χ0v) is 19.2. The average molecular weight is 441 g/mol. The van der Waals surface area contributed by atoms with Gasteiger partial charge in [-0.25, -0.2) is 4.99 Å². The van der Waals surface area contributed by atoms with E-state index in [1.54, 1.807) is 11.3 Å². The van der Waals surface area contributed by atoms with Crippen molar-refractivity contribution in [3.8, 4) is 22.8 Å². The molecule has 3 nitrogen and oxygen atoms in total. The number of thiazole rings is 1. The van der Waals surface area contributed by atoms with Crippen molar-refractivity contribution in [1.29, 1.82) is 0 Å². The van der Waals surface area contributed by atoms with Crippen LogP contribution in [0.3, 0.4) is 0 Å². The van der Waals surface area contributed by atoms with Gasteiger partial charge < -0.3 is 9.30 Å². The fraction of sp³-hybridized carbons (Fsp3) is 0.250. The van der Waals surface area contributed by atoms with Gasteiger partial charge in [-0.15, -0.1) is 11.3 Å². The number of nitrogens with zero attached hydrogens (tertiary/aromatic N) is 2. The van der Waals surface area contributed by atoms with Crippen molar-refractivity contribution in [3.05, 3.63) is 94.6 Å². The summed E-state index contributed by atoms with van der Waals surface area (Å²) in [5.74, 6) is 2.39. The van der Waals surface area contributed by atoms with Gasteiger partial charge in [-0.1, -0.05) is 61.7 Å². The maximum atomic E-state index is 5.88. The van der Waals surface area contributed by atoms with Gasteiger partial charge in [0.1, 0.15) is 11.5 Å². The summed E-state index contributed by atoms with van der Waals surface area (Å²) in [7, 11) is 2.09. The van der Waals surface area contributed by atoms with Crippen molar-refractivity contribution in [1.82, 2.24) is 4.57 Å². The summed E-state index contributed by atoms with van der Waals surface area (Å²) in [6.45, 7) is 0. The molecule has 3 aromatic carbocycles. The van der Waals surface area contributed by atoms with Crippen molar-refractivity contribution in [2.24, 2.45) is 12.0 Å². The van der Waals surface area contributed by atoms with Crippen LogP contribution in [0.1, 0.15) is 43.6 Å². The molecule has 0 radical (unpaired) electrons. The molecule has 0 amide bonds. The van der Waals surface area contributed by atoms with Gasteiger partial charge in [0, 0.05) is 12.4 Å². The number of aromatic nitrogens is 1. The van der Waals surface area contributed by atoms with E-state index in [-0.39, 0.29) is 0 Å². The SMILES string of the molecule is Cn1c(-c2ccc(C3CCCCC3)cc2)csc1=Nc1ccc(Oc2ccccc2)cc1. The molecule has 1 aromatic heterocycles. The smallest absolute Gasteiger partial charge is 0.190 e. The molecule has 0 N–H and O–H groups in total. The maximum Gasteiger partial charge on any atom is 0.190 e. The van der Waals surface area contributed by atoms with E-state index in [4.69, 9.17) is 9.73 Å². The lowest BCUT2D eigenvalue weighted by Crippen LogP contribution is -2.11. The highest BCUT2D eigenvalue weighted by Gasteiger charge is 2.15. The molecule has 0 unspecified atom stereocenters. The van der Waals surface area contributed by atoms with E-state index in [0.29, 0.717) is 0 Å². The monoisotopic (exact) mass is 440 g/mol. The van der Waals surface area contributed by atoms with Crippen molar-refractivity contribution in [2.45, 2.75) is 38.0 Å². The second-order valence-electron chi connectivity index (χ2n) is 8.44. The highest BCUT2D eigenvalue weighted by Crippen LogP contribution is 2.33. The first kappa shape index (κ1) is 20.8. The Morgan fingerprint density at radius 3 is 2.22 bits per heavy atom. The predicted octanol–water partition coefficient (Wildman–Crippen LogP) is 7.83. The highest BCUT2D eigenvalue weighted by atomic mass is 32.1. The molecule has 4 heteroatoms. The van der Waals surface area contributed by atoms with Crippen LogP contribution in [0.2, 0.25) is 0 Å². The lowest BCUT2D eigenvalue weighted by molar-refractivity contribution is 0.443. The second kappa shape index (κ2) is 9.58. The van der Waals surface area contributed by atoms with Gasteiger partial charge in [-0.2, -0.15) is 0 Å². The number of hydrogen-bond acceptors (Lipinski definition) is 3. The van der Waals surface area contributed by atoms with Crippen LogP contribution in [0.4, 0.5) is 5.69 Å². The van der Waals surface area contributed by atoms with Crippen LogP contribution in [0.5, 0.6) is 11.5 Å². The second-order valence-corrected chi connectivity index (χ2v) is 9.28. The quantitative estimate of drug-likeness (QED) is 0.311. The molecule has 0 aliphatic heterocycles. The minimum Gasteiger partial charge on any atom is -0.457 e. The standard InChI is InChI=1S/C28H28N2OS/c1-30-27(23-14-12-22(13-15-23)21-8-4-2-5-9-21)20-32-28(30)29-24-16-18-26(19-17-24)31-25-10-6-3-7-11-25/h3,6-7,10-21H,2,4-5,8-9H2,1H3. The third-order valence-electron chi connectivity index (χ3n) is 6.25. The Morgan fingerprint density at radius 2 is 1.50 bits per heavy atom. The van der Waals surface area contributed by atoms with Crippen molar-refractivity contribution in [3.63, 3.8) is 0 Å². The molecule has 0 bridgehead atoms. The van der Waals surface area contributed by atoms with Gasteiger partial charge in [0.25, 0.3) is 0 Å². The lowest BCUT2D eigenvalue weighted by Gasteiger charge is -2.22. The molecule has 1 heterocycles. The van der Waals surface area contributed by atoms with E-state index in [1.807, 2.05) is 54.6 Å². The Kier molecular flexibility index (Phi) is 6.22. The zero-order valence-electron chi connectivity index (χ0n) is 18.4. The molecule has 5 rings (SSSR count). The third kappa shape index (κ3) is 4.71. The molecule has 1 fully saturated rings. The number of ether oxygens (including phenoxy) is 1. The molecule has 1 saturated carbocycles. The predicted molar refractivity (Wildman–Crippen MR) is 133 cm³/mol. The number of rotatable bonds is 5. The van der Waals surface area contributed by atoms with Crippen LogP contribution in [0, 0.1) is 0 Å². The first-order valence-electron chi connectivity index (χ1n) is 11.4. The molecule has 4 aromatic rings. The first-order chi connectivity index (χ1) is 15.8. The van der Waals surface area contributed by atoms with Gasteiger partial charge in [-0.05, 0) is 66.3 Å². The van der Waals surface area contributed by atoms with Gasteiger partial charge >= 0.3 is 0 Å². The number of hydrogen-bond donors (Lipinski definition) is 0. The van der Waals surface area contributed by atoms with E-state index >= 15 is 0 Å². The number of benzene rings is 3. The summed E-state index contributed by atoms with van der Waals surface area (Å²) in [6, 6.07) is 26.9. The Bertz CT molecular complexity index is 1220. The summed E-state index contributed by atoms with van der Waals surface area (Å²) in [6.07, 6.45) is 6.81. The minimum atomic E-state index is 0.744. The fourth-order valence-electron chi connectivity index (χ4n) is 4.42. The van der Waals surface area contributed by atoms with E-state index in [0.717, 1.165) is 27.9 Å². The van der Waals surface area contributed by atoms with Crippen LogP contribution < -0.4 is 9.54 Å². The zero-order chi connectivity index (χ0) is 21.8. The Labute approximate surface area is 193 Å².